The summed E-state index contributed by atoms with van der Waals surface area (Å²) >= 11 is 0. The lowest BCUT2D eigenvalue weighted by Crippen LogP contribution is -2.24. The molecule has 6 nitrogen and oxygen atoms in total. The van der Waals surface area contributed by atoms with Gasteiger partial charge in [-0.1, -0.05) is 54.6 Å². The first-order valence-electron chi connectivity index (χ1n) is 11.1. The minimum atomic E-state index is -0.514. The van der Waals surface area contributed by atoms with Crippen LogP contribution in [0.15, 0.2) is 83.9 Å². The highest BCUT2D eigenvalue weighted by Crippen LogP contribution is 2.58. The average Bonchev–Trinajstić information content (AvgIpc) is 3.40. The summed E-state index contributed by atoms with van der Waals surface area (Å²) in [5.74, 6) is -0.222. The van der Waals surface area contributed by atoms with Crippen LogP contribution in [-0.2, 0) is 25.5 Å². The van der Waals surface area contributed by atoms with Gasteiger partial charge in [-0.15, -0.1) is 0 Å². The number of hydrogen-bond donors (Lipinski definition) is 0. The van der Waals surface area contributed by atoms with Gasteiger partial charge in [-0.3, -0.25) is 0 Å². The van der Waals surface area contributed by atoms with E-state index in [-0.39, 0.29) is 0 Å². The SMILES string of the molecule is COC(=O)C1=C(C(=O)OC)[C@H]2c3ccccc3[C@@H]1N2c1ccccc1Cc1ccc(OC)cc1. The fourth-order valence-corrected chi connectivity index (χ4v) is 5.16. The van der Waals surface area contributed by atoms with Crippen molar-refractivity contribution >= 4 is 17.6 Å². The Morgan fingerprint density at radius 1 is 0.735 bits per heavy atom. The number of ether oxygens (including phenoxy) is 3. The topological polar surface area (TPSA) is 65.1 Å². The Balaban J connectivity index is 1.63. The summed E-state index contributed by atoms with van der Waals surface area (Å²) in [6, 6.07) is 23.1. The summed E-state index contributed by atoms with van der Waals surface area (Å²) < 4.78 is 15.5. The van der Waals surface area contributed by atoms with Crippen molar-refractivity contribution in [3.63, 3.8) is 0 Å². The summed E-state index contributed by atoms with van der Waals surface area (Å²) in [5, 5.41) is 0. The minimum Gasteiger partial charge on any atom is -0.497 e. The average molecular weight is 456 g/mol. The summed E-state index contributed by atoms with van der Waals surface area (Å²) in [6.07, 6.45) is 0.688. The molecule has 6 heteroatoms. The summed E-state index contributed by atoms with van der Waals surface area (Å²) in [7, 11) is 4.32. The van der Waals surface area contributed by atoms with Gasteiger partial charge in [0.2, 0.25) is 0 Å². The Bertz CT molecular complexity index is 1240. The second-order valence-electron chi connectivity index (χ2n) is 8.31. The van der Waals surface area contributed by atoms with E-state index in [2.05, 4.69) is 11.0 Å². The second-order valence-corrected chi connectivity index (χ2v) is 8.31. The smallest absolute Gasteiger partial charge is 0.336 e. The van der Waals surface area contributed by atoms with Crippen molar-refractivity contribution in [3.05, 3.63) is 106 Å². The van der Waals surface area contributed by atoms with Crippen molar-refractivity contribution in [3.8, 4) is 5.75 Å². The Hall–Kier alpha value is -4.06. The van der Waals surface area contributed by atoms with Gasteiger partial charge in [-0.25, -0.2) is 9.59 Å². The predicted molar refractivity (Wildman–Crippen MR) is 128 cm³/mol. The molecule has 5 rings (SSSR count). The maximum absolute atomic E-state index is 12.9. The zero-order valence-corrected chi connectivity index (χ0v) is 19.3. The van der Waals surface area contributed by atoms with Gasteiger partial charge in [0.25, 0.3) is 0 Å². The fourth-order valence-electron chi connectivity index (χ4n) is 5.16. The highest BCUT2D eigenvalue weighted by atomic mass is 16.5. The van der Waals surface area contributed by atoms with Crippen LogP contribution in [0.1, 0.15) is 34.3 Å². The fraction of sp³-hybridized carbons (Fsp3) is 0.214. The van der Waals surface area contributed by atoms with Crippen LogP contribution in [0.5, 0.6) is 5.75 Å². The van der Waals surface area contributed by atoms with Crippen molar-refractivity contribution in [1.82, 2.24) is 0 Å². The van der Waals surface area contributed by atoms with Crippen molar-refractivity contribution < 1.29 is 23.8 Å². The van der Waals surface area contributed by atoms with Gasteiger partial charge in [0, 0.05) is 5.69 Å². The van der Waals surface area contributed by atoms with E-state index in [4.69, 9.17) is 14.2 Å². The zero-order valence-electron chi connectivity index (χ0n) is 19.3. The summed E-state index contributed by atoms with van der Waals surface area (Å²) in [6.45, 7) is 0. The maximum atomic E-state index is 12.9. The first kappa shape index (κ1) is 21.8. The van der Waals surface area contributed by atoms with Gasteiger partial charge in [0.15, 0.2) is 0 Å². The molecule has 2 heterocycles. The molecule has 0 aromatic heterocycles. The number of benzene rings is 3. The van der Waals surface area contributed by atoms with E-state index in [1.165, 1.54) is 14.2 Å². The largest absolute Gasteiger partial charge is 0.497 e. The van der Waals surface area contributed by atoms with Crippen LogP contribution < -0.4 is 9.64 Å². The minimum absolute atomic E-state index is 0.345. The molecule has 0 spiro atoms. The Labute approximate surface area is 198 Å². The molecule has 2 atom stereocenters. The van der Waals surface area contributed by atoms with Crippen LogP contribution in [-0.4, -0.2) is 33.3 Å². The number of rotatable bonds is 6. The van der Waals surface area contributed by atoms with Crippen molar-refractivity contribution in [2.45, 2.75) is 18.5 Å². The van der Waals surface area contributed by atoms with Crippen LogP contribution in [0.2, 0.25) is 0 Å². The Kier molecular flexibility index (Phi) is 5.57. The van der Waals surface area contributed by atoms with E-state index < -0.39 is 24.0 Å². The van der Waals surface area contributed by atoms with Gasteiger partial charge in [0.05, 0.1) is 44.6 Å². The van der Waals surface area contributed by atoms with E-state index in [0.29, 0.717) is 17.6 Å². The third kappa shape index (κ3) is 3.34. The molecule has 0 N–H and O–H groups in total. The highest BCUT2D eigenvalue weighted by Gasteiger charge is 2.54. The molecule has 2 bridgehead atoms. The summed E-state index contributed by atoms with van der Waals surface area (Å²) in [5.41, 5.74) is 5.87. The normalized spacial score (nSPS) is 18.0. The number of fused-ring (bicyclic) bond motifs is 5. The molecule has 3 aromatic carbocycles. The lowest BCUT2D eigenvalue weighted by molar-refractivity contribution is -0.139. The molecular weight excluding hydrogens is 430 g/mol. The molecule has 34 heavy (non-hydrogen) atoms. The van der Waals surface area contributed by atoms with E-state index in [1.807, 2.05) is 66.7 Å². The van der Waals surface area contributed by atoms with Crippen LogP contribution in [0, 0.1) is 0 Å². The molecule has 2 aliphatic heterocycles. The molecule has 0 saturated heterocycles. The number of anilines is 1. The van der Waals surface area contributed by atoms with Gasteiger partial charge >= 0.3 is 11.9 Å². The molecule has 0 fully saturated rings. The molecule has 172 valence electrons. The summed E-state index contributed by atoms with van der Waals surface area (Å²) in [4.78, 5) is 28.0. The number of carbonyl (C=O) groups is 2. The first-order valence-corrected chi connectivity index (χ1v) is 11.1. The van der Waals surface area contributed by atoms with E-state index in [1.54, 1.807) is 7.11 Å². The molecule has 0 radical (unpaired) electrons. The number of para-hydroxylation sites is 1. The van der Waals surface area contributed by atoms with E-state index in [0.717, 1.165) is 33.7 Å². The Morgan fingerprint density at radius 2 is 1.26 bits per heavy atom. The third-order valence-electron chi connectivity index (χ3n) is 6.61. The maximum Gasteiger partial charge on any atom is 0.336 e. The molecule has 0 amide bonds. The zero-order chi connectivity index (χ0) is 23.8. The third-order valence-corrected chi connectivity index (χ3v) is 6.61. The standard InChI is InChI=1S/C28H25NO5/c1-32-19-14-12-17(13-15-19)16-18-8-4-7-11-22(18)29-25-20-9-5-6-10-21(20)26(29)24(28(31)34-3)23(25)27(30)33-2/h4-15,25-26H,16H2,1-3H3/t25-,26+. The molecule has 0 aliphatic carbocycles. The molecule has 2 aliphatic rings. The molecular formula is C28H25NO5. The predicted octanol–water partition coefficient (Wildman–Crippen LogP) is 4.54. The number of hydrogen-bond acceptors (Lipinski definition) is 6. The van der Waals surface area contributed by atoms with E-state index in [9.17, 15) is 9.59 Å². The first-order chi connectivity index (χ1) is 16.6. The van der Waals surface area contributed by atoms with Crippen molar-refractivity contribution in [2.75, 3.05) is 26.2 Å². The van der Waals surface area contributed by atoms with Gasteiger partial charge < -0.3 is 19.1 Å². The number of carbonyl (C=O) groups excluding carboxylic acids is 2. The van der Waals surface area contributed by atoms with Crippen LogP contribution in [0.3, 0.4) is 0 Å². The van der Waals surface area contributed by atoms with Crippen molar-refractivity contribution in [2.24, 2.45) is 0 Å². The van der Waals surface area contributed by atoms with Gasteiger partial charge in [0.1, 0.15) is 5.75 Å². The van der Waals surface area contributed by atoms with E-state index >= 15 is 0 Å². The van der Waals surface area contributed by atoms with Crippen LogP contribution in [0.25, 0.3) is 0 Å². The lowest BCUT2D eigenvalue weighted by atomic mass is 9.86. The molecule has 0 unspecified atom stereocenters. The van der Waals surface area contributed by atoms with Crippen LogP contribution in [0.4, 0.5) is 5.69 Å². The molecule has 0 saturated carbocycles. The Morgan fingerprint density at radius 3 is 1.79 bits per heavy atom. The number of methoxy groups -OCH3 is 3. The lowest BCUT2D eigenvalue weighted by Gasteiger charge is -2.29. The molecule has 3 aromatic rings. The number of nitrogens with zero attached hydrogens (tertiary/aromatic N) is 1. The van der Waals surface area contributed by atoms with Gasteiger partial charge in [-0.2, -0.15) is 0 Å². The van der Waals surface area contributed by atoms with Crippen LogP contribution >= 0.6 is 0 Å². The quantitative estimate of drug-likeness (QED) is 0.509. The second kappa shape index (κ2) is 8.71. The number of esters is 2. The highest BCUT2D eigenvalue weighted by molar-refractivity contribution is 6.06. The van der Waals surface area contributed by atoms with Gasteiger partial charge in [-0.05, 0) is 46.9 Å². The van der Waals surface area contributed by atoms with Crippen molar-refractivity contribution in [1.29, 1.82) is 0 Å². The monoisotopic (exact) mass is 455 g/mol.